The topological polar surface area (TPSA) is 34.4 Å². The van der Waals surface area contributed by atoms with Gasteiger partial charge in [-0.15, -0.1) is 0 Å². The molecule has 0 atom stereocenters. The Hall–Kier alpha value is -1.74. The first kappa shape index (κ1) is 14.7. The molecule has 3 nitrogen and oxygen atoms in total. The highest BCUT2D eigenvalue weighted by Crippen LogP contribution is 2.18. The van der Waals surface area contributed by atoms with E-state index in [-0.39, 0.29) is 0 Å². The molecular formula is C17H23NO2. The van der Waals surface area contributed by atoms with Gasteiger partial charge in [0.25, 0.3) is 0 Å². The van der Waals surface area contributed by atoms with Gasteiger partial charge in [-0.2, -0.15) is 0 Å². The SMILES string of the molecule is Cc1oc(CNCC(C)C)cc1COc1ccccc1. The van der Waals surface area contributed by atoms with Crippen LogP contribution < -0.4 is 10.1 Å². The van der Waals surface area contributed by atoms with Crippen molar-refractivity contribution in [2.24, 2.45) is 5.92 Å². The molecule has 0 fully saturated rings. The number of aryl methyl sites for hydroxylation is 1. The van der Waals surface area contributed by atoms with Crippen LogP contribution in [0.25, 0.3) is 0 Å². The van der Waals surface area contributed by atoms with Crippen LogP contribution in [0.15, 0.2) is 40.8 Å². The summed E-state index contributed by atoms with van der Waals surface area (Å²) in [5.74, 6) is 3.43. The Bertz CT molecular complexity index is 517. The lowest BCUT2D eigenvalue weighted by Gasteiger charge is -2.04. The van der Waals surface area contributed by atoms with Gasteiger partial charge in [-0.1, -0.05) is 32.0 Å². The maximum absolute atomic E-state index is 5.75. The van der Waals surface area contributed by atoms with E-state index in [0.717, 1.165) is 35.9 Å². The van der Waals surface area contributed by atoms with Crippen LogP contribution in [0.2, 0.25) is 0 Å². The Balaban J connectivity index is 1.87. The van der Waals surface area contributed by atoms with Gasteiger partial charge >= 0.3 is 0 Å². The summed E-state index contributed by atoms with van der Waals surface area (Å²) in [5, 5.41) is 3.38. The van der Waals surface area contributed by atoms with Crippen molar-refractivity contribution in [3.63, 3.8) is 0 Å². The summed E-state index contributed by atoms with van der Waals surface area (Å²) in [7, 11) is 0. The molecule has 2 aromatic rings. The molecule has 0 saturated heterocycles. The molecule has 0 radical (unpaired) electrons. The van der Waals surface area contributed by atoms with Crippen molar-refractivity contribution in [3.8, 4) is 5.75 Å². The molecule has 20 heavy (non-hydrogen) atoms. The van der Waals surface area contributed by atoms with Gasteiger partial charge < -0.3 is 14.5 Å². The minimum atomic E-state index is 0.545. The van der Waals surface area contributed by atoms with Gasteiger partial charge in [-0.05, 0) is 37.6 Å². The summed E-state index contributed by atoms with van der Waals surface area (Å²) < 4.78 is 11.5. The Kier molecular flexibility index (Phi) is 5.24. The van der Waals surface area contributed by atoms with E-state index in [9.17, 15) is 0 Å². The fourth-order valence-corrected chi connectivity index (χ4v) is 1.98. The van der Waals surface area contributed by atoms with E-state index in [2.05, 4.69) is 25.2 Å². The van der Waals surface area contributed by atoms with Crippen molar-refractivity contribution in [1.29, 1.82) is 0 Å². The van der Waals surface area contributed by atoms with Crippen LogP contribution in [-0.4, -0.2) is 6.54 Å². The normalized spacial score (nSPS) is 11.0. The van der Waals surface area contributed by atoms with Crippen molar-refractivity contribution < 1.29 is 9.15 Å². The first-order valence-corrected chi connectivity index (χ1v) is 7.12. The average molecular weight is 273 g/mol. The Labute approximate surface area is 121 Å². The number of ether oxygens (including phenoxy) is 1. The van der Waals surface area contributed by atoms with Gasteiger partial charge in [0.1, 0.15) is 23.9 Å². The number of benzene rings is 1. The van der Waals surface area contributed by atoms with Crippen molar-refractivity contribution >= 4 is 0 Å². The van der Waals surface area contributed by atoms with E-state index in [1.165, 1.54) is 0 Å². The van der Waals surface area contributed by atoms with Gasteiger partial charge in [0.15, 0.2) is 0 Å². The molecule has 1 aromatic carbocycles. The van der Waals surface area contributed by atoms with E-state index in [4.69, 9.17) is 9.15 Å². The summed E-state index contributed by atoms with van der Waals surface area (Å²) in [6.07, 6.45) is 0. The predicted molar refractivity (Wildman–Crippen MR) is 80.8 cm³/mol. The third-order valence-corrected chi connectivity index (χ3v) is 3.06. The van der Waals surface area contributed by atoms with E-state index < -0.39 is 0 Å². The monoisotopic (exact) mass is 273 g/mol. The molecule has 1 N–H and O–H groups in total. The van der Waals surface area contributed by atoms with Crippen molar-refractivity contribution in [2.75, 3.05) is 6.54 Å². The van der Waals surface area contributed by atoms with Crippen LogP contribution in [0.5, 0.6) is 5.75 Å². The number of para-hydroxylation sites is 1. The molecule has 1 heterocycles. The molecule has 2 rings (SSSR count). The van der Waals surface area contributed by atoms with Crippen LogP contribution >= 0.6 is 0 Å². The molecule has 0 unspecified atom stereocenters. The molecular weight excluding hydrogens is 250 g/mol. The second-order valence-corrected chi connectivity index (χ2v) is 5.42. The Morgan fingerprint density at radius 2 is 1.95 bits per heavy atom. The van der Waals surface area contributed by atoms with Crippen molar-refractivity contribution in [2.45, 2.75) is 33.9 Å². The number of hydrogen-bond donors (Lipinski definition) is 1. The predicted octanol–water partition coefficient (Wildman–Crippen LogP) is 3.91. The molecule has 0 aliphatic rings. The van der Waals surface area contributed by atoms with Gasteiger partial charge in [-0.3, -0.25) is 0 Å². The minimum Gasteiger partial charge on any atom is -0.489 e. The molecule has 1 aromatic heterocycles. The summed E-state index contributed by atoms with van der Waals surface area (Å²) in [5.41, 5.74) is 1.11. The third kappa shape index (κ3) is 4.42. The smallest absolute Gasteiger partial charge is 0.119 e. The molecule has 3 heteroatoms. The summed E-state index contributed by atoms with van der Waals surface area (Å²) in [6.45, 7) is 8.68. The quantitative estimate of drug-likeness (QED) is 0.830. The van der Waals surface area contributed by atoms with Gasteiger partial charge in [-0.25, -0.2) is 0 Å². The van der Waals surface area contributed by atoms with E-state index in [0.29, 0.717) is 12.5 Å². The molecule has 0 spiro atoms. The fraction of sp³-hybridized carbons (Fsp3) is 0.412. The molecule has 108 valence electrons. The summed E-state index contributed by atoms with van der Waals surface area (Å²) >= 11 is 0. The zero-order valence-electron chi connectivity index (χ0n) is 12.5. The maximum Gasteiger partial charge on any atom is 0.119 e. The lowest BCUT2D eigenvalue weighted by Crippen LogP contribution is -2.18. The van der Waals surface area contributed by atoms with E-state index >= 15 is 0 Å². The summed E-state index contributed by atoms with van der Waals surface area (Å²) in [6, 6.07) is 11.9. The first-order valence-electron chi connectivity index (χ1n) is 7.12. The number of rotatable bonds is 7. The largest absolute Gasteiger partial charge is 0.489 e. The lowest BCUT2D eigenvalue weighted by molar-refractivity contribution is 0.303. The standard InChI is InChI=1S/C17H23NO2/c1-13(2)10-18-11-17-9-15(14(3)20-17)12-19-16-7-5-4-6-8-16/h4-9,13,18H,10-12H2,1-3H3. The lowest BCUT2D eigenvalue weighted by atomic mass is 10.2. The van der Waals surface area contributed by atoms with Gasteiger partial charge in [0, 0.05) is 5.56 Å². The Morgan fingerprint density at radius 3 is 2.65 bits per heavy atom. The molecule has 0 aliphatic heterocycles. The zero-order valence-corrected chi connectivity index (χ0v) is 12.5. The number of furan rings is 1. The van der Waals surface area contributed by atoms with Crippen LogP contribution in [-0.2, 0) is 13.2 Å². The highest BCUT2D eigenvalue weighted by Gasteiger charge is 2.08. The molecule has 0 aliphatic carbocycles. The maximum atomic E-state index is 5.75. The van der Waals surface area contributed by atoms with Crippen LogP contribution in [0.1, 0.15) is 30.9 Å². The highest BCUT2D eigenvalue weighted by atomic mass is 16.5. The van der Waals surface area contributed by atoms with E-state index in [1.54, 1.807) is 0 Å². The Morgan fingerprint density at radius 1 is 1.20 bits per heavy atom. The second-order valence-electron chi connectivity index (χ2n) is 5.42. The summed E-state index contributed by atoms with van der Waals surface area (Å²) in [4.78, 5) is 0. The number of nitrogens with one attached hydrogen (secondary N) is 1. The molecule has 0 bridgehead atoms. The zero-order chi connectivity index (χ0) is 14.4. The number of hydrogen-bond acceptors (Lipinski definition) is 3. The molecule has 0 saturated carbocycles. The van der Waals surface area contributed by atoms with Gasteiger partial charge in [0.05, 0.1) is 6.54 Å². The fourth-order valence-electron chi connectivity index (χ4n) is 1.98. The van der Waals surface area contributed by atoms with Gasteiger partial charge in [0.2, 0.25) is 0 Å². The third-order valence-electron chi connectivity index (χ3n) is 3.06. The van der Waals surface area contributed by atoms with Crippen molar-refractivity contribution in [3.05, 3.63) is 53.5 Å². The second kappa shape index (κ2) is 7.15. The van der Waals surface area contributed by atoms with Crippen LogP contribution in [0, 0.1) is 12.8 Å². The van der Waals surface area contributed by atoms with Crippen LogP contribution in [0.4, 0.5) is 0 Å². The highest BCUT2D eigenvalue weighted by molar-refractivity contribution is 5.24. The first-order chi connectivity index (χ1) is 9.65. The van der Waals surface area contributed by atoms with E-state index in [1.807, 2.05) is 37.3 Å². The average Bonchev–Trinajstić information content (AvgIpc) is 2.78. The van der Waals surface area contributed by atoms with Crippen molar-refractivity contribution in [1.82, 2.24) is 5.32 Å². The molecule has 0 amide bonds. The minimum absolute atomic E-state index is 0.545. The van der Waals surface area contributed by atoms with Crippen LogP contribution in [0.3, 0.4) is 0 Å².